The van der Waals surface area contributed by atoms with Crippen LogP contribution >= 0.6 is 0 Å². The number of rotatable bonds is 5. The van der Waals surface area contributed by atoms with Crippen molar-refractivity contribution in [2.75, 3.05) is 6.61 Å². The first kappa shape index (κ1) is 14.0. The van der Waals surface area contributed by atoms with Gasteiger partial charge < -0.3 is 15.6 Å². The monoisotopic (exact) mass is 237 g/mol. The summed E-state index contributed by atoms with van der Waals surface area (Å²) in [6.07, 6.45) is 0. The van der Waals surface area contributed by atoms with Gasteiger partial charge in [0.15, 0.2) is 0 Å². The maximum Gasteiger partial charge on any atom is 0.119 e. The summed E-state index contributed by atoms with van der Waals surface area (Å²) in [5.41, 5.74) is 6.04. The third-order valence-corrected chi connectivity index (χ3v) is 3.18. The van der Waals surface area contributed by atoms with Crippen LogP contribution in [-0.4, -0.2) is 17.3 Å². The highest BCUT2D eigenvalue weighted by Crippen LogP contribution is 2.20. The van der Waals surface area contributed by atoms with Crippen molar-refractivity contribution in [2.45, 2.75) is 39.3 Å². The van der Waals surface area contributed by atoms with Gasteiger partial charge in [-0.2, -0.15) is 0 Å². The van der Waals surface area contributed by atoms with Crippen LogP contribution in [0.25, 0.3) is 0 Å². The van der Waals surface area contributed by atoms with Crippen molar-refractivity contribution in [3.8, 4) is 5.75 Å². The lowest BCUT2D eigenvalue weighted by molar-refractivity contribution is -0.0266. The van der Waals surface area contributed by atoms with Gasteiger partial charge in [-0.05, 0) is 37.5 Å². The van der Waals surface area contributed by atoms with Crippen molar-refractivity contribution in [1.29, 1.82) is 0 Å². The lowest BCUT2D eigenvalue weighted by Crippen LogP contribution is -2.37. The van der Waals surface area contributed by atoms with Gasteiger partial charge in [-0.1, -0.05) is 26.0 Å². The van der Waals surface area contributed by atoms with Crippen molar-refractivity contribution in [2.24, 2.45) is 11.7 Å². The van der Waals surface area contributed by atoms with E-state index in [1.165, 1.54) is 0 Å². The Labute approximate surface area is 104 Å². The van der Waals surface area contributed by atoms with Gasteiger partial charge in [0.25, 0.3) is 0 Å². The summed E-state index contributed by atoms with van der Waals surface area (Å²) in [7, 11) is 0. The predicted octanol–water partition coefficient (Wildman–Crippen LogP) is 2.49. The Kier molecular flexibility index (Phi) is 4.54. The highest BCUT2D eigenvalue weighted by atomic mass is 16.5. The molecule has 0 spiro atoms. The van der Waals surface area contributed by atoms with Crippen molar-refractivity contribution in [3.05, 3.63) is 29.8 Å². The average Bonchev–Trinajstić information content (AvgIpc) is 2.27. The standard InChI is InChI=1S/C14H23NO2/c1-10(2)14(4,16)9-17-13-7-5-12(6-8-13)11(3)15/h5-8,10-11,16H,9,15H2,1-4H3. The van der Waals surface area contributed by atoms with Gasteiger partial charge in [0, 0.05) is 6.04 Å². The van der Waals surface area contributed by atoms with E-state index in [9.17, 15) is 5.11 Å². The third-order valence-electron chi connectivity index (χ3n) is 3.18. The smallest absolute Gasteiger partial charge is 0.119 e. The molecule has 96 valence electrons. The summed E-state index contributed by atoms with van der Waals surface area (Å²) in [6.45, 7) is 7.97. The van der Waals surface area contributed by atoms with E-state index in [-0.39, 0.29) is 12.0 Å². The molecule has 0 fully saturated rings. The number of benzene rings is 1. The lowest BCUT2D eigenvalue weighted by Gasteiger charge is -2.27. The Morgan fingerprint density at radius 2 is 1.76 bits per heavy atom. The number of nitrogens with two attached hydrogens (primary N) is 1. The van der Waals surface area contributed by atoms with Crippen molar-refractivity contribution in [3.63, 3.8) is 0 Å². The fraction of sp³-hybridized carbons (Fsp3) is 0.571. The first-order chi connectivity index (χ1) is 7.83. The average molecular weight is 237 g/mol. The van der Waals surface area contributed by atoms with E-state index in [1.54, 1.807) is 6.92 Å². The molecule has 3 N–H and O–H groups in total. The predicted molar refractivity (Wildman–Crippen MR) is 70.0 cm³/mol. The Bertz CT molecular complexity index is 342. The first-order valence-electron chi connectivity index (χ1n) is 6.03. The zero-order valence-corrected chi connectivity index (χ0v) is 11.1. The minimum absolute atomic E-state index is 0.0304. The summed E-state index contributed by atoms with van der Waals surface area (Å²) in [6, 6.07) is 7.70. The molecule has 0 aliphatic rings. The zero-order chi connectivity index (χ0) is 13.1. The van der Waals surface area contributed by atoms with Crippen LogP contribution in [0, 0.1) is 5.92 Å². The summed E-state index contributed by atoms with van der Waals surface area (Å²) >= 11 is 0. The quantitative estimate of drug-likeness (QED) is 0.827. The molecule has 1 rings (SSSR count). The highest BCUT2D eigenvalue weighted by molar-refractivity contribution is 5.28. The second-order valence-corrected chi connectivity index (χ2v) is 5.16. The zero-order valence-electron chi connectivity index (χ0n) is 11.1. The summed E-state index contributed by atoms with van der Waals surface area (Å²) in [5, 5.41) is 10.1. The molecule has 0 amide bonds. The fourth-order valence-electron chi connectivity index (χ4n) is 1.26. The van der Waals surface area contributed by atoms with E-state index in [2.05, 4.69) is 0 Å². The van der Waals surface area contributed by atoms with E-state index < -0.39 is 5.60 Å². The van der Waals surface area contributed by atoms with E-state index in [0.717, 1.165) is 11.3 Å². The van der Waals surface area contributed by atoms with Crippen LogP contribution in [-0.2, 0) is 0 Å². The van der Waals surface area contributed by atoms with E-state index >= 15 is 0 Å². The topological polar surface area (TPSA) is 55.5 Å². The summed E-state index contributed by atoms with van der Waals surface area (Å²) in [4.78, 5) is 0. The van der Waals surface area contributed by atoms with Crippen molar-refractivity contribution >= 4 is 0 Å². The largest absolute Gasteiger partial charge is 0.491 e. The van der Waals surface area contributed by atoms with Crippen LogP contribution in [0.5, 0.6) is 5.75 Å². The molecule has 0 bridgehead atoms. The molecular weight excluding hydrogens is 214 g/mol. The van der Waals surface area contributed by atoms with Gasteiger partial charge in [-0.3, -0.25) is 0 Å². The third kappa shape index (κ3) is 4.02. The van der Waals surface area contributed by atoms with Crippen LogP contribution < -0.4 is 10.5 Å². The van der Waals surface area contributed by atoms with Gasteiger partial charge in [-0.15, -0.1) is 0 Å². The Morgan fingerprint density at radius 3 is 2.18 bits per heavy atom. The number of hydrogen-bond donors (Lipinski definition) is 2. The van der Waals surface area contributed by atoms with Crippen LogP contribution in [0.2, 0.25) is 0 Å². The van der Waals surface area contributed by atoms with Gasteiger partial charge in [0.05, 0.1) is 5.60 Å². The van der Waals surface area contributed by atoms with Gasteiger partial charge in [-0.25, -0.2) is 0 Å². The van der Waals surface area contributed by atoms with Crippen LogP contribution in [0.3, 0.4) is 0 Å². The second kappa shape index (κ2) is 5.52. The van der Waals surface area contributed by atoms with E-state index in [0.29, 0.717) is 6.61 Å². The maximum atomic E-state index is 10.1. The van der Waals surface area contributed by atoms with Crippen LogP contribution in [0.4, 0.5) is 0 Å². The number of aliphatic hydroxyl groups is 1. The molecule has 0 heterocycles. The molecule has 1 aromatic carbocycles. The Hall–Kier alpha value is -1.06. The van der Waals surface area contributed by atoms with E-state index in [4.69, 9.17) is 10.5 Å². The normalized spacial score (nSPS) is 16.6. The van der Waals surface area contributed by atoms with Crippen molar-refractivity contribution in [1.82, 2.24) is 0 Å². The SMILES string of the molecule is CC(N)c1ccc(OCC(C)(O)C(C)C)cc1. The van der Waals surface area contributed by atoms with Crippen LogP contribution in [0.15, 0.2) is 24.3 Å². The molecular formula is C14H23NO2. The lowest BCUT2D eigenvalue weighted by atomic mass is 9.94. The molecule has 3 heteroatoms. The van der Waals surface area contributed by atoms with Gasteiger partial charge in [0.2, 0.25) is 0 Å². The summed E-state index contributed by atoms with van der Waals surface area (Å²) in [5.74, 6) is 0.918. The number of ether oxygens (including phenoxy) is 1. The maximum absolute atomic E-state index is 10.1. The molecule has 0 aliphatic heterocycles. The molecule has 2 atom stereocenters. The van der Waals surface area contributed by atoms with Gasteiger partial charge >= 0.3 is 0 Å². The Balaban J connectivity index is 2.59. The minimum atomic E-state index is -0.806. The molecule has 1 aromatic rings. The van der Waals surface area contributed by atoms with Crippen molar-refractivity contribution < 1.29 is 9.84 Å². The Morgan fingerprint density at radius 1 is 1.24 bits per heavy atom. The molecule has 17 heavy (non-hydrogen) atoms. The molecule has 0 aliphatic carbocycles. The van der Waals surface area contributed by atoms with Crippen LogP contribution in [0.1, 0.15) is 39.3 Å². The number of hydrogen-bond acceptors (Lipinski definition) is 3. The molecule has 0 saturated heterocycles. The van der Waals surface area contributed by atoms with Gasteiger partial charge in [0.1, 0.15) is 12.4 Å². The molecule has 0 saturated carbocycles. The highest BCUT2D eigenvalue weighted by Gasteiger charge is 2.25. The molecule has 0 radical (unpaired) electrons. The minimum Gasteiger partial charge on any atom is -0.491 e. The van der Waals surface area contributed by atoms with E-state index in [1.807, 2.05) is 45.0 Å². The fourth-order valence-corrected chi connectivity index (χ4v) is 1.26. The molecule has 0 aromatic heterocycles. The molecule has 3 nitrogen and oxygen atoms in total. The second-order valence-electron chi connectivity index (χ2n) is 5.16. The molecule has 2 unspecified atom stereocenters. The first-order valence-corrected chi connectivity index (χ1v) is 6.03. The summed E-state index contributed by atoms with van der Waals surface area (Å²) < 4.78 is 5.58.